The minimum absolute atomic E-state index is 0. The summed E-state index contributed by atoms with van der Waals surface area (Å²) in [6, 6.07) is 0. The zero-order valence-electron chi connectivity index (χ0n) is 10.4. The fraction of sp³-hybridized carbons (Fsp3) is 1.00. The fourth-order valence-electron chi connectivity index (χ4n) is 1.38. The first-order valence-electron chi connectivity index (χ1n) is 5.41. The third-order valence-electron chi connectivity index (χ3n) is 2.21. The van der Waals surface area contributed by atoms with Crippen molar-refractivity contribution in [1.29, 1.82) is 0 Å². The van der Waals surface area contributed by atoms with Gasteiger partial charge < -0.3 is 1.43 Å². The molecule has 0 bridgehead atoms. The van der Waals surface area contributed by atoms with Crippen LogP contribution in [0.2, 0.25) is 0 Å². The first kappa shape index (κ1) is 15.5. The molecule has 0 spiro atoms. The van der Waals surface area contributed by atoms with Gasteiger partial charge in [-0.3, -0.25) is 0 Å². The van der Waals surface area contributed by atoms with E-state index in [9.17, 15) is 0 Å². The van der Waals surface area contributed by atoms with E-state index in [4.69, 9.17) is 0 Å². The second kappa shape index (κ2) is 14.5. The van der Waals surface area contributed by atoms with E-state index in [1.165, 1.54) is 57.8 Å². The van der Waals surface area contributed by atoms with Gasteiger partial charge in [0, 0.05) is 0 Å². The zero-order chi connectivity index (χ0) is 8.36. The summed E-state index contributed by atoms with van der Waals surface area (Å²) >= 11 is 0. The summed E-state index contributed by atoms with van der Waals surface area (Å²) in [6.07, 6.45) is 13.0. The number of rotatable bonds is 8. The number of hydrogen-bond donors (Lipinski definition) is 0. The van der Waals surface area contributed by atoms with Crippen LogP contribution in [-0.4, -0.2) is 0 Å². The average Bonchev–Trinajstić information content (AvgIpc) is 2.03. The summed E-state index contributed by atoms with van der Waals surface area (Å²) in [4.78, 5) is 0. The van der Waals surface area contributed by atoms with Gasteiger partial charge in [0.15, 0.2) is 0 Å². The third-order valence-corrected chi connectivity index (χ3v) is 2.21. The van der Waals surface area contributed by atoms with Crippen LogP contribution in [0.1, 0.15) is 73.1 Å². The first-order valence-corrected chi connectivity index (χ1v) is 5.41. The minimum Gasteiger partial charge on any atom is -1.00 e. The molecule has 0 unspecified atom stereocenters. The van der Waals surface area contributed by atoms with E-state index in [0.717, 1.165) is 0 Å². The van der Waals surface area contributed by atoms with Gasteiger partial charge in [-0.2, -0.15) is 0 Å². The van der Waals surface area contributed by atoms with Gasteiger partial charge in [-0.1, -0.05) is 71.6 Å². The van der Waals surface area contributed by atoms with Gasteiger partial charge in [-0.15, -0.1) is 0 Å². The van der Waals surface area contributed by atoms with Gasteiger partial charge in [0.25, 0.3) is 0 Å². The Morgan fingerprint density at radius 3 is 1.08 bits per heavy atom. The van der Waals surface area contributed by atoms with E-state index < -0.39 is 0 Å². The molecule has 0 aromatic carbocycles. The number of unbranched alkanes of at least 4 members (excludes halogenated alkanes) is 8. The molecule has 0 aliphatic heterocycles. The van der Waals surface area contributed by atoms with Crippen LogP contribution in [-0.2, 0) is 0 Å². The molecule has 70 valence electrons. The predicted molar refractivity (Wildman–Crippen MR) is 54.0 cm³/mol. The van der Waals surface area contributed by atoms with Crippen molar-refractivity contribution in [3.05, 3.63) is 0 Å². The monoisotopic (exact) mass is 180 g/mol. The molecule has 0 radical (unpaired) electrons. The quantitative estimate of drug-likeness (QED) is 0.393. The Morgan fingerprint density at radius 1 is 0.583 bits per heavy atom. The largest absolute Gasteiger partial charge is 1.00 e. The molecule has 0 aromatic rings. The molecule has 0 atom stereocenters. The molecule has 0 saturated carbocycles. The predicted octanol–water partition coefficient (Wildman–Crippen LogP) is 1.65. The minimum atomic E-state index is 0. The molecule has 1 heteroatoms. The molecule has 0 aromatic heterocycles. The van der Waals surface area contributed by atoms with E-state index in [2.05, 4.69) is 13.8 Å². The molecule has 12 heavy (non-hydrogen) atoms. The van der Waals surface area contributed by atoms with Crippen molar-refractivity contribution in [2.75, 3.05) is 0 Å². The van der Waals surface area contributed by atoms with Crippen molar-refractivity contribution in [2.45, 2.75) is 71.6 Å². The molecule has 0 rings (SSSR count). The van der Waals surface area contributed by atoms with E-state index in [-0.39, 0.29) is 31.0 Å². The first-order chi connectivity index (χ1) is 5.41. The average molecular weight is 180 g/mol. The van der Waals surface area contributed by atoms with E-state index in [1.807, 2.05) is 0 Å². The maximum Gasteiger partial charge on any atom is 1.00 e. The molecular weight excluding hydrogens is 155 g/mol. The van der Waals surface area contributed by atoms with E-state index in [1.54, 1.807) is 0 Å². The Balaban J connectivity index is -0.000000500. The van der Waals surface area contributed by atoms with Gasteiger partial charge >= 0.3 is 29.6 Å². The van der Waals surface area contributed by atoms with E-state index in [0.29, 0.717) is 0 Å². The third kappa shape index (κ3) is 13.6. The van der Waals surface area contributed by atoms with E-state index >= 15 is 0 Å². The fourth-order valence-corrected chi connectivity index (χ4v) is 1.38. The van der Waals surface area contributed by atoms with Gasteiger partial charge in [-0.25, -0.2) is 0 Å². The zero-order valence-corrected chi connectivity index (χ0v) is 11.4. The van der Waals surface area contributed by atoms with Crippen LogP contribution in [0.25, 0.3) is 0 Å². The molecule has 0 aliphatic carbocycles. The maximum atomic E-state index is 2.27. The second-order valence-electron chi connectivity index (χ2n) is 3.47. The van der Waals surface area contributed by atoms with Crippen LogP contribution >= 0.6 is 0 Å². The summed E-state index contributed by atoms with van der Waals surface area (Å²) in [5.41, 5.74) is 0. The molecular formula is C11H25Na. The summed E-state index contributed by atoms with van der Waals surface area (Å²) in [7, 11) is 0. The van der Waals surface area contributed by atoms with Crippen molar-refractivity contribution in [2.24, 2.45) is 0 Å². The van der Waals surface area contributed by atoms with Crippen LogP contribution in [0.5, 0.6) is 0 Å². The Labute approximate surface area is 102 Å². The van der Waals surface area contributed by atoms with Crippen LogP contribution in [0.3, 0.4) is 0 Å². The van der Waals surface area contributed by atoms with Crippen LogP contribution in [0.4, 0.5) is 0 Å². The molecule has 0 fully saturated rings. The Morgan fingerprint density at radius 2 is 0.833 bits per heavy atom. The van der Waals surface area contributed by atoms with Crippen molar-refractivity contribution in [3.63, 3.8) is 0 Å². The topological polar surface area (TPSA) is 0 Å². The van der Waals surface area contributed by atoms with Crippen molar-refractivity contribution < 1.29 is 31.0 Å². The molecule has 0 saturated heterocycles. The normalized spacial score (nSPS) is 9.50. The number of hydrogen-bond acceptors (Lipinski definition) is 0. The summed E-state index contributed by atoms with van der Waals surface area (Å²) in [6.45, 7) is 4.55. The maximum absolute atomic E-state index is 2.27. The van der Waals surface area contributed by atoms with Gasteiger partial charge in [-0.05, 0) is 0 Å². The summed E-state index contributed by atoms with van der Waals surface area (Å²) in [5.74, 6) is 0. The molecule has 0 nitrogen and oxygen atoms in total. The van der Waals surface area contributed by atoms with Crippen LogP contribution in [0.15, 0.2) is 0 Å². The molecule has 0 heterocycles. The van der Waals surface area contributed by atoms with Crippen LogP contribution < -0.4 is 29.6 Å². The second-order valence-corrected chi connectivity index (χ2v) is 3.47. The standard InChI is InChI=1S/C11H24.Na.H/c1-3-5-7-9-11-10-8-6-4-2;;/h3-11H2,1-2H3;;/q;+1;-1. The summed E-state index contributed by atoms with van der Waals surface area (Å²) in [5, 5.41) is 0. The molecule has 0 amide bonds. The van der Waals surface area contributed by atoms with Crippen molar-refractivity contribution in [1.82, 2.24) is 0 Å². The SMILES string of the molecule is CCCCCCCCCCC.[H-].[Na+]. The van der Waals surface area contributed by atoms with Gasteiger partial charge in [0.1, 0.15) is 0 Å². The van der Waals surface area contributed by atoms with Gasteiger partial charge in [0.2, 0.25) is 0 Å². The summed E-state index contributed by atoms with van der Waals surface area (Å²) < 4.78 is 0. The Kier molecular flexibility index (Phi) is 18.7. The molecule has 0 aliphatic rings. The van der Waals surface area contributed by atoms with Crippen LogP contribution in [0, 0.1) is 0 Å². The van der Waals surface area contributed by atoms with Gasteiger partial charge in [0.05, 0.1) is 0 Å². The van der Waals surface area contributed by atoms with Crippen molar-refractivity contribution in [3.8, 4) is 0 Å². The van der Waals surface area contributed by atoms with Crippen molar-refractivity contribution >= 4 is 0 Å². The molecule has 0 N–H and O–H groups in total. The smallest absolute Gasteiger partial charge is 1.00 e. The Hall–Kier alpha value is 1.00. The Bertz CT molecular complexity index is 59.1.